The Kier molecular flexibility index (Phi) is 2.83. The fourth-order valence-electron chi connectivity index (χ4n) is 1.99. The van der Waals surface area contributed by atoms with Crippen LogP contribution in [0.2, 0.25) is 0 Å². The zero-order valence-corrected chi connectivity index (χ0v) is 11.0. The fraction of sp³-hybridized carbons (Fsp3) is 0.143. The van der Waals surface area contributed by atoms with Crippen molar-refractivity contribution in [2.45, 2.75) is 13.3 Å². The predicted molar refractivity (Wildman–Crippen MR) is 73.4 cm³/mol. The number of carboxylic acid groups (broad SMARTS) is 1. The summed E-state index contributed by atoms with van der Waals surface area (Å²) in [5, 5.41) is 10.7. The van der Waals surface area contributed by atoms with Crippen molar-refractivity contribution >= 4 is 28.3 Å². The van der Waals surface area contributed by atoms with Crippen molar-refractivity contribution in [3.63, 3.8) is 0 Å². The molecule has 96 valence electrons. The highest BCUT2D eigenvalue weighted by Crippen LogP contribution is 2.34. The molecule has 1 N–H and O–H groups in total. The molecule has 0 radical (unpaired) electrons. The van der Waals surface area contributed by atoms with Gasteiger partial charge in [-0.2, -0.15) is 0 Å². The number of hydrogen-bond acceptors (Lipinski definition) is 4. The first-order valence-electron chi connectivity index (χ1n) is 5.80. The second kappa shape index (κ2) is 4.51. The van der Waals surface area contributed by atoms with Crippen LogP contribution in [-0.4, -0.2) is 16.1 Å². The molecule has 5 heteroatoms. The Hall–Kier alpha value is -2.14. The largest absolute Gasteiger partial charge is 0.481 e. The molecule has 0 aliphatic carbocycles. The van der Waals surface area contributed by atoms with Gasteiger partial charge in [0.2, 0.25) is 0 Å². The summed E-state index contributed by atoms with van der Waals surface area (Å²) in [5.41, 5.74) is 2.50. The third kappa shape index (κ3) is 2.13. The summed E-state index contributed by atoms with van der Waals surface area (Å²) in [5.74, 6) is -0.838. The van der Waals surface area contributed by atoms with Gasteiger partial charge in [-0.05, 0) is 13.0 Å². The topological polar surface area (TPSA) is 63.3 Å². The number of carbonyl (C=O) groups is 1. The number of aryl methyl sites for hydroxylation is 1. The summed E-state index contributed by atoms with van der Waals surface area (Å²) in [6.07, 6.45) is 1.69. The fourth-order valence-corrected chi connectivity index (χ4v) is 3.06. The minimum Gasteiger partial charge on any atom is -0.481 e. The van der Waals surface area contributed by atoms with Crippen LogP contribution < -0.4 is 0 Å². The molecule has 2 aromatic heterocycles. The lowest BCUT2D eigenvalue weighted by Crippen LogP contribution is -1.99. The van der Waals surface area contributed by atoms with E-state index in [-0.39, 0.29) is 6.42 Å². The molecule has 0 saturated carbocycles. The molecule has 0 spiro atoms. The lowest BCUT2D eigenvalue weighted by Gasteiger charge is -1.91. The first-order chi connectivity index (χ1) is 9.15. The molecule has 1 aromatic carbocycles. The smallest absolute Gasteiger partial charge is 0.308 e. The number of fused-ring (bicyclic) bond motifs is 1. The maximum atomic E-state index is 10.8. The first-order valence-corrected chi connectivity index (χ1v) is 6.61. The quantitative estimate of drug-likeness (QED) is 0.793. The molecular formula is C14H11NO3S. The van der Waals surface area contributed by atoms with Crippen molar-refractivity contribution in [1.82, 2.24) is 4.98 Å². The van der Waals surface area contributed by atoms with E-state index in [2.05, 4.69) is 4.98 Å². The van der Waals surface area contributed by atoms with Crippen LogP contribution >= 0.6 is 11.3 Å². The molecule has 19 heavy (non-hydrogen) atoms. The maximum absolute atomic E-state index is 10.8. The van der Waals surface area contributed by atoms with E-state index in [0.29, 0.717) is 0 Å². The van der Waals surface area contributed by atoms with Crippen molar-refractivity contribution in [1.29, 1.82) is 0 Å². The second-order valence-electron chi connectivity index (χ2n) is 4.24. The van der Waals surface area contributed by atoms with E-state index in [0.717, 1.165) is 32.1 Å². The summed E-state index contributed by atoms with van der Waals surface area (Å²) in [4.78, 5) is 16.0. The van der Waals surface area contributed by atoms with Crippen molar-refractivity contribution in [2.75, 3.05) is 0 Å². The second-order valence-corrected chi connectivity index (χ2v) is 5.33. The van der Waals surface area contributed by atoms with Gasteiger partial charge in [-0.1, -0.05) is 18.2 Å². The third-order valence-electron chi connectivity index (χ3n) is 2.92. The number of nitrogens with zero attached hydrogens (tertiary/aromatic N) is 1. The number of benzene rings is 1. The normalized spacial score (nSPS) is 11.0. The van der Waals surface area contributed by atoms with Gasteiger partial charge in [0.25, 0.3) is 0 Å². The summed E-state index contributed by atoms with van der Waals surface area (Å²) in [6, 6.07) is 7.73. The summed E-state index contributed by atoms with van der Waals surface area (Å²) in [6.45, 7) is 1.83. The first kappa shape index (κ1) is 11.9. The minimum absolute atomic E-state index is 0.0132. The molecule has 0 unspecified atom stereocenters. The molecule has 0 saturated heterocycles. The van der Waals surface area contributed by atoms with Gasteiger partial charge in [-0.15, -0.1) is 11.3 Å². The van der Waals surface area contributed by atoms with Gasteiger partial charge in [0.1, 0.15) is 16.9 Å². The Morgan fingerprint density at radius 2 is 2.21 bits per heavy atom. The van der Waals surface area contributed by atoms with E-state index >= 15 is 0 Å². The van der Waals surface area contributed by atoms with E-state index in [1.54, 1.807) is 6.26 Å². The van der Waals surface area contributed by atoms with Crippen molar-refractivity contribution in [2.24, 2.45) is 0 Å². The zero-order chi connectivity index (χ0) is 13.4. The number of thiazole rings is 1. The molecule has 0 aliphatic rings. The molecule has 3 rings (SSSR count). The molecular weight excluding hydrogens is 262 g/mol. The molecule has 2 heterocycles. The predicted octanol–water partition coefficient (Wildman–Crippen LogP) is 3.49. The lowest BCUT2D eigenvalue weighted by atomic mass is 10.2. The van der Waals surface area contributed by atoms with Crippen LogP contribution in [0.5, 0.6) is 0 Å². The highest BCUT2D eigenvalue weighted by molar-refractivity contribution is 7.15. The number of aromatic nitrogens is 1. The van der Waals surface area contributed by atoms with Gasteiger partial charge in [0.15, 0.2) is 0 Å². The van der Waals surface area contributed by atoms with E-state index in [9.17, 15) is 4.79 Å². The third-order valence-corrected chi connectivity index (χ3v) is 4.11. The summed E-state index contributed by atoms with van der Waals surface area (Å²) >= 11 is 1.41. The van der Waals surface area contributed by atoms with Crippen LogP contribution in [-0.2, 0) is 11.2 Å². The van der Waals surface area contributed by atoms with Crippen molar-refractivity contribution in [3.05, 3.63) is 41.1 Å². The number of rotatable bonds is 3. The van der Waals surface area contributed by atoms with Crippen molar-refractivity contribution < 1.29 is 14.3 Å². The van der Waals surface area contributed by atoms with Gasteiger partial charge in [-0.25, -0.2) is 4.98 Å². The van der Waals surface area contributed by atoms with E-state index in [1.807, 2.05) is 31.2 Å². The van der Waals surface area contributed by atoms with Gasteiger partial charge >= 0.3 is 5.97 Å². The van der Waals surface area contributed by atoms with Gasteiger partial charge in [-0.3, -0.25) is 4.79 Å². The van der Waals surface area contributed by atoms with Crippen LogP contribution in [0.25, 0.3) is 21.5 Å². The van der Waals surface area contributed by atoms with Crippen LogP contribution in [0.3, 0.4) is 0 Å². The Balaban J connectivity index is 2.09. The summed E-state index contributed by atoms with van der Waals surface area (Å²) < 4.78 is 5.48. The monoisotopic (exact) mass is 273 g/mol. The average Bonchev–Trinajstić information content (AvgIpc) is 2.93. The SMILES string of the molecule is Cc1nc(-c2coc3ccccc23)sc1CC(=O)O. The Morgan fingerprint density at radius 1 is 1.42 bits per heavy atom. The van der Waals surface area contributed by atoms with Crippen LogP contribution in [0.1, 0.15) is 10.6 Å². The lowest BCUT2D eigenvalue weighted by molar-refractivity contribution is -0.136. The van der Waals surface area contributed by atoms with E-state index < -0.39 is 5.97 Å². The van der Waals surface area contributed by atoms with Gasteiger partial charge in [0.05, 0.1) is 17.7 Å². The molecule has 0 aliphatic heterocycles. The molecule has 0 amide bonds. The number of furan rings is 1. The van der Waals surface area contributed by atoms with E-state index in [4.69, 9.17) is 9.52 Å². The van der Waals surface area contributed by atoms with Gasteiger partial charge < -0.3 is 9.52 Å². The van der Waals surface area contributed by atoms with Crippen LogP contribution in [0, 0.1) is 6.92 Å². The average molecular weight is 273 g/mol. The Labute approximate surface area is 113 Å². The number of hydrogen-bond donors (Lipinski definition) is 1. The van der Waals surface area contributed by atoms with Crippen molar-refractivity contribution in [3.8, 4) is 10.6 Å². The van der Waals surface area contributed by atoms with E-state index in [1.165, 1.54) is 11.3 Å². The van der Waals surface area contributed by atoms with Crippen LogP contribution in [0.4, 0.5) is 0 Å². The summed E-state index contributed by atoms with van der Waals surface area (Å²) in [7, 11) is 0. The Morgan fingerprint density at radius 3 is 3.00 bits per heavy atom. The number of aliphatic carboxylic acids is 1. The number of carboxylic acids is 1. The molecule has 0 fully saturated rings. The molecule has 0 bridgehead atoms. The standard InChI is InChI=1S/C14H11NO3S/c1-8-12(6-13(16)17)19-14(15-8)10-7-18-11-5-3-2-4-9(10)11/h2-5,7H,6H2,1H3,(H,16,17). The molecule has 3 aromatic rings. The number of para-hydroxylation sites is 1. The van der Waals surface area contributed by atoms with Gasteiger partial charge in [0, 0.05) is 10.3 Å². The minimum atomic E-state index is -0.838. The maximum Gasteiger partial charge on any atom is 0.308 e. The highest BCUT2D eigenvalue weighted by Gasteiger charge is 2.15. The molecule has 4 nitrogen and oxygen atoms in total. The highest BCUT2D eigenvalue weighted by atomic mass is 32.1. The van der Waals surface area contributed by atoms with Crippen LogP contribution in [0.15, 0.2) is 34.9 Å². The zero-order valence-electron chi connectivity index (χ0n) is 10.2. The Bertz CT molecular complexity index is 757. The molecule has 0 atom stereocenters.